The molecule has 6 heavy (non-hydrogen) atoms. The van der Waals surface area contributed by atoms with Gasteiger partial charge in [0.1, 0.15) is 17.2 Å². The van der Waals surface area contributed by atoms with Crippen molar-refractivity contribution in [3.8, 4) is 0 Å². The highest BCUT2D eigenvalue weighted by atomic mass is 35.5. The summed E-state index contributed by atoms with van der Waals surface area (Å²) in [5, 5.41) is 1.88. The number of aliphatic imine (C=N–C) groups is 1. The Bertz CT molecular complexity index is 68.9. The second kappa shape index (κ2) is 3.16. The van der Waals surface area contributed by atoms with Crippen molar-refractivity contribution in [3.63, 3.8) is 0 Å². The molecule has 0 amide bonds. The monoisotopic (exact) mass is 119 g/mol. The molecule has 0 aromatic carbocycles. The Balaban J connectivity index is 0.000000250. The predicted octanol–water partition coefficient (Wildman–Crippen LogP) is -1.89. The van der Waals surface area contributed by atoms with Crippen LogP contribution in [0.3, 0.4) is 0 Å². The predicted molar refractivity (Wildman–Crippen MR) is 24.2 cm³/mol. The van der Waals surface area contributed by atoms with E-state index in [1.165, 1.54) is 11.8 Å². The minimum Gasteiger partial charge on any atom is -1.00 e. The third-order valence-corrected chi connectivity index (χ3v) is 0.777. The van der Waals surface area contributed by atoms with E-state index in [0.717, 1.165) is 0 Å². The van der Waals surface area contributed by atoms with Gasteiger partial charge in [-0.2, -0.15) is 0 Å². The van der Waals surface area contributed by atoms with E-state index in [4.69, 9.17) is 0 Å². The van der Waals surface area contributed by atoms with E-state index in [0.29, 0.717) is 0 Å². The molecule has 1 aliphatic rings. The standard InChI is InChI=1S/C3H2NS.ClH/c1-2-5-3-4-1;/h1-2H;1H/q+1;/p-1. The molecule has 1 heterocycles. The van der Waals surface area contributed by atoms with E-state index in [-0.39, 0.29) is 12.4 Å². The Hall–Kier alpha value is -0.0400. The highest BCUT2D eigenvalue weighted by molar-refractivity contribution is 8.14. The molecule has 0 fully saturated rings. The second-order valence-electron chi connectivity index (χ2n) is 0.623. The highest BCUT2D eigenvalue weighted by Gasteiger charge is 1.92. The molecule has 0 bridgehead atoms. The number of nitrogens with zero attached hydrogens (tertiary/aromatic N) is 1. The number of hydrogen-bond donors (Lipinski definition) is 0. The maximum atomic E-state index is 3.62. The molecule has 0 saturated carbocycles. The summed E-state index contributed by atoms with van der Waals surface area (Å²) in [5.74, 6) is 0. The Morgan fingerprint density at radius 1 is 1.67 bits per heavy atom. The van der Waals surface area contributed by atoms with Crippen LogP contribution in [0, 0.1) is 0 Å². The lowest BCUT2D eigenvalue weighted by Crippen LogP contribution is -3.00. The fourth-order valence-electron chi connectivity index (χ4n) is 0.152. The van der Waals surface area contributed by atoms with Gasteiger partial charge in [0, 0.05) is 0 Å². The first-order valence-corrected chi connectivity index (χ1v) is 2.13. The maximum absolute atomic E-state index is 3.62. The minimum atomic E-state index is 0. The van der Waals surface area contributed by atoms with Crippen molar-refractivity contribution in [2.24, 2.45) is 4.99 Å². The van der Waals surface area contributed by atoms with Crippen molar-refractivity contribution in [1.82, 2.24) is 0 Å². The van der Waals surface area contributed by atoms with E-state index >= 15 is 0 Å². The largest absolute Gasteiger partial charge is 1.00 e. The van der Waals surface area contributed by atoms with Gasteiger partial charge in [-0.25, -0.2) is 0 Å². The molecule has 0 spiro atoms. The normalized spacial score (nSPS) is 13.3. The van der Waals surface area contributed by atoms with Gasteiger partial charge in [0.05, 0.1) is 0 Å². The van der Waals surface area contributed by atoms with Crippen LogP contribution < -0.4 is 12.4 Å². The molecule has 0 aliphatic carbocycles. The quantitative estimate of drug-likeness (QED) is 0.340. The van der Waals surface area contributed by atoms with Gasteiger partial charge in [-0.05, 0) is 4.99 Å². The number of halogens is 1. The molecule has 0 atom stereocenters. The molecule has 1 rings (SSSR count). The molecular formula is C3H2ClNS. The van der Waals surface area contributed by atoms with E-state index in [9.17, 15) is 0 Å². The Morgan fingerprint density at radius 2 is 2.50 bits per heavy atom. The van der Waals surface area contributed by atoms with Crippen LogP contribution in [0.2, 0.25) is 0 Å². The van der Waals surface area contributed by atoms with Gasteiger partial charge in [0.2, 0.25) is 0 Å². The molecule has 0 radical (unpaired) electrons. The summed E-state index contributed by atoms with van der Waals surface area (Å²) in [6.45, 7) is 0. The number of rotatable bonds is 0. The van der Waals surface area contributed by atoms with Gasteiger partial charge in [0.25, 0.3) is 5.55 Å². The lowest BCUT2D eigenvalue weighted by Gasteiger charge is -1.37. The van der Waals surface area contributed by atoms with Gasteiger partial charge >= 0.3 is 0 Å². The van der Waals surface area contributed by atoms with Crippen LogP contribution in [0.4, 0.5) is 0 Å². The Morgan fingerprint density at radius 3 is 2.67 bits per heavy atom. The summed E-state index contributed by atoms with van der Waals surface area (Å²) in [6.07, 6.45) is 1.71. The Labute approximate surface area is 46.9 Å². The SMILES string of the molecule is [C+]1=NC=CS1.[Cl-]. The van der Waals surface area contributed by atoms with Crippen LogP contribution in [-0.4, -0.2) is 5.55 Å². The molecule has 0 unspecified atom stereocenters. The van der Waals surface area contributed by atoms with Gasteiger partial charge in [0.15, 0.2) is 6.20 Å². The molecular weight excluding hydrogens is 118 g/mol. The molecule has 0 N–H and O–H groups in total. The van der Waals surface area contributed by atoms with E-state index < -0.39 is 0 Å². The minimum absolute atomic E-state index is 0. The van der Waals surface area contributed by atoms with Crippen LogP contribution >= 0.6 is 11.8 Å². The summed E-state index contributed by atoms with van der Waals surface area (Å²) in [4.78, 5) is 3.62. The van der Waals surface area contributed by atoms with Crippen molar-refractivity contribution in [3.05, 3.63) is 11.6 Å². The fraction of sp³-hybridized carbons (Fsp3) is 0. The number of hydrogen-bond acceptors (Lipinski definition) is 2. The zero-order chi connectivity index (χ0) is 3.54. The zero-order valence-corrected chi connectivity index (χ0v) is 4.46. The van der Waals surface area contributed by atoms with Gasteiger partial charge in [-0.3, -0.25) is 0 Å². The smallest absolute Gasteiger partial charge is 0.271 e. The highest BCUT2D eigenvalue weighted by Crippen LogP contribution is 2.02. The zero-order valence-electron chi connectivity index (χ0n) is 2.89. The molecule has 0 aromatic rings. The van der Waals surface area contributed by atoms with E-state index in [2.05, 4.69) is 10.5 Å². The van der Waals surface area contributed by atoms with Gasteiger partial charge < -0.3 is 12.4 Å². The van der Waals surface area contributed by atoms with Crippen LogP contribution in [0.1, 0.15) is 0 Å². The average Bonchev–Trinajstić information content (AvgIpc) is 1.76. The van der Waals surface area contributed by atoms with E-state index in [1.54, 1.807) is 6.20 Å². The average molecular weight is 120 g/mol. The van der Waals surface area contributed by atoms with Crippen molar-refractivity contribution in [1.29, 1.82) is 0 Å². The first kappa shape index (κ1) is 5.96. The molecule has 1 nitrogen and oxygen atoms in total. The molecule has 3 heteroatoms. The van der Waals surface area contributed by atoms with Crippen LogP contribution in [-0.2, 0) is 0 Å². The lowest BCUT2D eigenvalue weighted by atomic mass is 11.1. The second-order valence-corrected chi connectivity index (χ2v) is 1.31. The van der Waals surface area contributed by atoms with Crippen molar-refractivity contribution in [2.45, 2.75) is 0 Å². The van der Waals surface area contributed by atoms with E-state index in [1.807, 2.05) is 5.41 Å². The molecule has 1 aliphatic heterocycles. The van der Waals surface area contributed by atoms with Gasteiger partial charge in [-0.1, -0.05) is 0 Å². The summed E-state index contributed by atoms with van der Waals surface area (Å²) in [7, 11) is 0. The molecule has 0 saturated heterocycles. The van der Waals surface area contributed by atoms with Crippen LogP contribution in [0.15, 0.2) is 16.6 Å². The third kappa shape index (κ3) is 1.41. The topological polar surface area (TPSA) is 12.4 Å². The number of thioether (sulfide) groups is 1. The maximum Gasteiger partial charge on any atom is 0.271 e. The van der Waals surface area contributed by atoms with Crippen LogP contribution in [0.25, 0.3) is 0 Å². The molecule has 32 valence electrons. The first-order chi connectivity index (χ1) is 2.50. The third-order valence-electron chi connectivity index (χ3n) is 0.309. The summed E-state index contributed by atoms with van der Waals surface area (Å²) >= 11 is 1.48. The summed E-state index contributed by atoms with van der Waals surface area (Å²) < 4.78 is 0. The van der Waals surface area contributed by atoms with Crippen molar-refractivity contribution >= 4 is 17.3 Å². The lowest BCUT2D eigenvalue weighted by molar-refractivity contribution is -0.000000912. The van der Waals surface area contributed by atoms with Gasteiger partial charge in [-0.15, -0.1) is 0 Å². The van der Waals surface area contributed by atoms with Crippen molar-refractivity contribution < 1.29 is 12.4 Å². The first-order valence-electron chi connectivity index (χ1n) is 1.25. The Kier molecular flexibility index (Phi) is 3.14. The van der Waals surface area contributed by atoms with Crippen molar-refractivity contribution in [2.75, 3.05) is 0 Å². The van der Waals surface area contributed by atoms with Crippen LogP contribution in [0.5, 0.6) is 0 Å². The fourth-order valence-corrected chi connectivity index (χ4v) is 0.456. The molecule has 0 aromatic heterocycles. The summed E-state index contributed by atoms with van der Waals surface area (Å²) in [5.41, 5.74) is 2.65. The summed E-state index contributed by atoms with van der Waals surface area (Å²) in [6, 6.07) is 0.